The number of alkyl halides is 3. The number of piperidine rings is 1. The average molecular weight is 489 g/mol. The van der Waals surface area contributed by atoms with Crippen LogP contribution < -0.4 is 10.6 Å². The topological polar surface area (TPSA) is 108 Å². The van der Waals surface area contributed by atoms with Gasteiger partial charge in [0.25, 0.3) is 5.91 Å². The molecular weight excluding hydrogens is 461 g/mol. The predicted octanol–water partition coefficient (Wildman–Crippen LogP) is 2.71. The Morgan fingerprint density at radius 1 is 1.17 bits per heavy atom. The Bertz CT molecular complexity index is 1180. The van der Waals surface area contributed by atoms with Crippen molar-refractivity contribution < 1.29 is 22.8 Å². The van der Waals surface area contributed by atoms with Gasteiger partial charge in [-0.3, -0.25) is 14.3 Å². The van der Waals surface area contributed by atoms with E-state index in [2.05, 4.69) is 5.10 Å². The number of nitriles is 1. The van der Waals surface area contributed by atoms with Crippen molar-refractivity contribution in [1.82, 2.24) is 14.7 Å². The van der Waals surface area contributed by atoms with Crippen LogP contribution in [0, 0.1) is 36.0 Å². The molecule has 1 aromatic carbocycles. The molecular formula is C24H27F3N6O2. The molecule has 0 spiro atoms. The molecule has 186 valence electrons. The van der Waals surface area contributed by atoms with Crippen LogP contribution in [0.3, 0.4) is 0 Å². The van der Waals surface area contributed by atoms with E-state index < -0.39 is 29.1 Å². The molecule has 1 aromatic heterocycles. The highest BCUT2D eigenvalue weighted by molar-refractivity contribution is 5.92. The van der Waals surface area contributed by atoms with Crippen LogP contribution in [0.5, 0.6) is 0 Å². The molecule has 2 atom stereocenters. The van der Waals surface area contributed by atoms with Gasteiger partial charge < -0.3 is 15.5 Å². The summed E-state index contributed by atoms with van der Waals surface area (Å²) in [7, 11) is 1.73. The molecule has 11 heteroatoms. The zero-order valence-electron chi connectivity index (χ0n) is 19.5. The minimum Gasteiger partial charge on any atom is -0.370 e. The monoisotopic (exact) mass is 488 g/mol. The highest BCUT2D eigenvalue weighted by Gasteiger charge is 2.43. The van der Waals surface area contributed by atoms with Crippen molar-refractivity contribution in [2.45, 2.75) is 25.9 Å². The van der Waals surface area contributed by atoms with Crippen LogP contribution >= 0.6 is 0 Å². The second-order valence-electron chi connectivity index (χ2n) is 9.34. The van der Waals surface area contributed by atoms with Gasteiger partial charge in [0.1, 0.15) is 5.69 Å². The van der Waals surface area contributed by atoms with Crippen molar-refractivity contribution in [3.63, 3.8) is 0 Å². The number of carbonyl (C=O) groups is 2. The summed E-state index contributed by atoms with van der Waals surface area (Å²) in [5.41, 5.74) is 5.84. The molecule has 2 fully saturated rings. The third-order valence-corrected chi connectivity index (χ3v) is 7.18. The first-order valence-electron chi connectivity index (χ1n) is 11.4. The van der Waals surface area contributed by atoms with E-state index in [-0.39, 0.29) is 24.3 Å². The summed E-state index contributed by atoms with van der Waals surface area (Å²) in [5, 5.41) is 13.3. The number of carbonyl (C=O) groups excluding carboxylic acids is 2. The van der Waals surface area contributed by atoms with Crippen LogP contribution in [0.25, 0.3) is 0 Å². The van der Waals surface area contributed by atoms with Gasteiger partial charge in [-0.15, -0.1) is 0 Å². The maximum Gasteiger partial charge on any atom is 0.417 e. The van der Waals surface area contributed by atoms with Crippen LogP contribution in [-0.2, 0) is 18.0 Å². The van der Waals surface area contributed by atoms with Crippen LogP contribution in [0.1, 0.15) is 40.2 Å². The largest absolute Gasteiger partial charge is 0.417 e. The predicted molar refractivity (Wildman–Crippen MR) is 121 cm³/mol. The quantitative estimate of drug-likeness (QED) is 0.712. The number of hydrogen-bond acceptors (Lipinski definition) is 5. The van der Waals surface area contributed by atoms with Gasteiger partial charge in [0.2, 0.25) is 5.91 Å². The van der Waals surface area contributed by atoms with E-state index in [1.807, 2.05) is 6.92 Å². The van der Waals surface area contributed by atoms with Crippen molar-refractivity contribution in [1.29, 1.82) is 5.26 Å². The molecule has 35 heavy (non-hydrogen) atoms. The van der Waals surface area contributed by atoms with Crippen molar-refractivity contribution >= 4 is 17.5 Å². The number of nitrogens with zero attached hydrogens (tertiary/aromatic N) is 5. The number of nitrogens with two attached hydrogens (primary N) is 1. The summed E-state index contributed by atoms with van der Waals surface area (Å²) < 4.78 is 41.9. The van der Waals surface area contributed by atoms with E-state index in [1.54, 1.807) is 33.7 Å². The van der Waals surface area contributed by atoms with Crippen molar-refractivity contribution in [3.8, 4) is 6.07 Å². The Morgan fingerprint density at radius 2 is 1.86 bits per heavy atom. The van der Waals surface area contributed by atoms with E-state index in [0.717, 1.165) is 17.8 Å². The second-order valence-corrected chi connectivity index (χ2v) is 9.34. The molecule has 0 bridgehead atoms. The van der Waals surface area contributed by atoms with E-state index in [1.165, 1.54) is 6.07 Å². The lowest BCUT2D eigenvalue weighted by molar-refractivity contribution is -0.137. The first-order valence-corrected chi connectivity index (χ1v) is 11.4. The molecule has 2 amide bonds. The molecule has 4 rings (SSSR count). The van der Waals surface area contributed by atoms with Gasteiger partial charge in [-0.05, 0) is 55.9 Å². The molecule has 0 saturated carbocycles. The number of rotatable bonds is 4. The van der Waals surface area contributed by atoms with Crippen molar-refractivity contribution in [3.05, 3.63) is 46.8 Å². The van der Waals surface area contributed by atoms with E-state index in [0.29, 0.717) is 43.9 Å². The van der Waals surface area contributed by atoms with Crippen LogP contribution in [-0.4, -0.2) is 52.7 Å². The number of aromatic nitrogens is 2. The maximum atomic E-state index is 13.4. The minimum atomic E-state index is -4.66. The van der Waals surface area contributed by atoms with Gasteiger partial charge in [-0.1, -0.05) is 0 Å². The summed E-state index contributed by atoms with van der Waals surface area (Å²) >= 11 is 0. The summed E-state index contributed by atoms with van der Waals surface area (Å²) in [4.78, 5) is 28.7. The molecule has 2 N–H and O–H groups in total. The molecule has 2 aromatic rings. The van der Waals surface area contributed by atoms with E-state index in [9.17, 15) is 22.8 Å². The zero-order chi connectivity index (χ0) is 25.5. The Kier molecular flexibility index (Phi) is 6.49. The molecule has 8 nitrogen and oxygen atoms in total. The number of benzene rings is 1. The van der Waals surface area contributed by atoms with E-state index in [4.69, 9.17) is 11.0 Å². The van der Waals surface area contributed by atoms with Gasteiger partial charge in [0, 0.05) is 38.9 Å². The first-order chi connectivity index (χ1) is 16.5. The second kappa shape index (κ2) is 9.24. The molecule has 2 aliphatic rings. The summed E-state index contributed by atoms with van der Waals surface area (Å²) in [6.07, 6.45) is -3.31. The molecule has 3 heterocycles. The Hall–Kier alpha value is -3.55. The molecule has 0 radical (unpaired) electrons. The zero-order valence-corrected chi connectivity index (χ0v) is 19.5. The smallest absolute Gasteiger partial charge is 0.370 e. The number of halogens is 3. The van der Waals surface area contributed by atoms with Gasteiger partial charge in [-0.25, -0.2) is 0 Å². The normalized spacial score (nSPS) is 21.3. The first kappa shape index (κ1) is 24.6. The van der Waals surface area contributed by atoms with Crippen molar-refractivity contribution in [2.75, 3.05) is 31.1 Å². The number of aryl methyl sites for hydroxylation is 2. The van der Waals surface area contributed by atoms with Crippen LogP contribution in [0.4, 0.5) is 18.9 Å². The lowest BCUT2D eigenvalue weighted by Crippen LogP contribution is -2.43. The fourth-order valence-electron chi connectivity index (χ4n) is 5.38. The molecule has 2 aliphatic heterocycles. The number of amides is 2. The summed E-state index contributed by atoms with van der Waals surface area (Å²) in [6, 6.07) is 6.94. The van der Waals surface area contributed by atoms with Gasteiger partial charge in [-0.2, -0.15) is 23.5 Å². The minimum absolute atomic E-state index is 0.0942. The third-order valence-electron chi connectivity index (χ3n) is 7.18. The molecule has 0 unspecified atom stereocenters. The number of anilines is 1. The highest BCUT2D eigenvalue weighted by Crippen LogP contribution is 2.40. The van der Waals surface area contributed by atoms with E-state index >= 15 is 0 Å². The molecule has 2 saturated heterocycles. The van der Waals surface area contributed by atoms with Gasteiger partial charge in [0.15, 0.2) is 0 Å². The Labute approximate surface area is 201 Å². The average Bonchev–Trinajstić information content (AvgIpc) is 3.41. The van der Waals surface area contributed by atoms with Crippen LogP contribution in [0.15, 0.2) is 24.3 Å². The molecule has 0 aliphatic carbocycles. The van der Waals surface area contributed by atoms with Crippen molar-refractivity contribution in [2.24, 2.45) is 30.5 Å². The van der Waals surface area contributed by atoms with Crippen LogP contribution in [0.2, 0.25) is 0 Å². The summed E-state index contributed by atoms with van der Waals surface area (Å²) in [6.45, 7) is 3.47. The Balaban J connectivity index is 1.48. The lowest BCUT2D eigenvalue weighted by Gasteiger charge is -2.36. The summed E-state index contributed by atoms with van der Waals surface area (Å²) in [5.74, 6) is -1.11. The van der Waals surface area contributed by atoms with Gasteiger partial charge >= 0.3 is 6.18 Å². The SMILES string of the molecule is Cc1cc(C(=O)N2CCC([C@@H]3CN(c4ccc(C#N)c(C(F)(F)F)c4)C[C@H]3C(N)=O)CC2)n(C)n1. The van der Waals surface area contributed by atoms with Gasteiger partial charge in [0.05, 0.1) is 28.8 Å². The number of likely N-dealkylation sites (tertiary alicyclic amines) is 1. The third kappa shape index (κ3) is 4.83. The fourth-order valence-corrected chi connectivity index (χ4v) is 5.38. The maximum absolute atomic E-state index is 13.4. The Morgan fingerprint density at radius 3 is 2.40 bits per heavy atom. The number of hydrogen-bond donors (Lipinski definition) is 1. The fraction of sp³-hybridized carbons (Fsp3) is 0.500. The standard InChI is InChI=1S/C24H27F3N6O2/c1-14-9-21(31(2)30-14)23(35)32-7-5-15(6-8-32)18-12-33(13-19(18)22(29)34)17-4-3-16(11-28)20(10-17)24(25,26)27/h3-4,9-10,15,18-19H,5-8,12-13H2,1-2H3,(H2,29,34)/t18-,19+/m0/s1. The lowest BCUT2D eigenvalue weighted by atomic mass is 9.78. The number of primary amides is 1. The highest BCUT2D eigenvalue weighted by atomic mass is 19.4.